The van der Waals surface area contributed by atoms with E-state index in [-0.39, 0.29) is 0 Å². The number of hydrogen-bond acceptors (Lipinski definition) is 3. The fourth-order valence-corrected chi connectivity index (χ4v) is 3.14. The number of aromatic nitrogens is 3. The molecule has 0 aliphatic heterocycles. The standard InChI is InChI=1S/C22H22N4/c1-15(2)19-14-20(23-18-12-8-5-9-13-18)26-22(24-19)21(16(3)25-26)17-10-6-4-7-11-17/h4-15,23H,1-3H3. The van der Waals surface area contributed by atoms with Crippen molar-refractivity contribution < 1.29 is 0 Å². The third-order valence-electron chi connectivity index (χ3n) is 4.48. The van der Waals surface area contributed by atoms with Crippen LogP contribution in [0, 0.1) is 6.92 Å². The average molecular weight is 342 g/mol. The second-order valence-corrected chi connectivity index (χ2v) is 6.77. The zero-order valence-corrected chi connectivity index (χ0v) is 15.3. The van der Waals surface area contributed by atoms with Crippen LogP contribution in [0.4, 0.5) is 11.5 Å². The van der Waals surface area contributed by atoms with Gasteiger partial charge in [-0.1, -0.05) is 62.4 Å². The van der Waals surface area contributed by atoms with Gasteiger partial charge in [-0.15, -0.1) is 0 Å². The van der Waals surface area contributed by atoms with Gasteiger partial charge in [0.15, 0.2) is 5.65 Å². The monoisotopic (exact) mass is 342 g/mol. The van der Waals surface area contributed by atoms with Gasteiger partial charge in [0.25, 0.3) is 0 Å². The second-order valence-electron chi connectivity index (χ2n) is 6.77. The molecule has 0 radical (unpaired) electrons. The van der Waals surface area contributed by atoms with E-state index in [9.17, 15) is 0 Å². The first-order chi connectivity index (χ1) is 12.6. The number of nitrogens with zero attached hydrogens (tertiary/aromatic N) is 3. The van der Waals surface area contributed by atoms with Gasteiger partial charge in [-0.05, 0) is 30.5 Å². The van der Waals surface area contributed by atoms with Crippen molar-refractivity contribution >= 4 is 17.2 Å². The molecule has 2 aromatic carbocycles. The molecule has 0 fully saturated rings. The van der Waals surface area contributed by atoms with E-state index in [0.717, 1.165) is 39.7 Å². The van der Waals surface area contributed by atoms with Gasteiger partial charge in [0, 0.05) is 23.0 Å². The molecule has 0 aliphatic carbocycles. The molecule has 0 saturated heterocycles. The molecule has 0 bridgehead atoms. The minimum atomic E-state index is 0.329. The summed E-state index contributed by atoms with van der Waals surface area (Å²) in [7, 11) is 0. The summed E-state index contributed by atoms with van der Waals surface area (Å²) in [5, 5.41) is 8.27. The molecule has 4 nitrogen and oxygen atoms in total. The van der Waals surface area contributed by atoms with Crippen molar-refractivity contribution in [1.82, 2.24) is 14.6 Å². The van der Waals surface area contributed by atoms with Crippen molar-refractivity contribution in [2.45, 2.75) is 26.7 Å². The summed E-state index contributed by atoms with van der Waals surface area (Å²) in [5.74, 6) is 1.25. The molecular weight excluding hydrogens is 320 g/mol. The van der Waals surface area contributed by atoms with Gasteiger partial charge in [0.1, 0.15) is 5.82 Å². The van der Waals surface area contributed by atoms with Gasteiger partial charge in [-0.2, -0.15) is 9.61 Å². The Morgan fingerprint density at radius 1 is 0.923 bits per heavy atom. The first-order valence-electron chi connectivity index (χ1n) is 8.91. The zero-order chi connectivity index (χ0) is 18.1. The Bertz CT molecular complexity index is 1030. The van der Waals surface area contributed by atoms with Crippen LogP contribution in [0.3, 0.4) is 0 Å². The topological polar surface area (TPSA) is 42.2 Å². The number of nitrogens with one attached hydrogen (secondary N) is 1. The Balaban J connectivity index is 1.94. The van der Waals surface area contributed by atoms with Gasteiger partial charge in [0.2, 0.25) is 0 Å². The van der Waals surface area contributed by atoms with Crippen LogP contribution in [0.25, 0.3) is 16.8 Å². The largest absolute Gasteiger partial charge is 0.340 e. The highest BCUT2D eigenvalue weighted by molar-refractivity contribution is 5.81. The van der Waals surface area contributed by atoms with Gasteiger partial charge in [-0.3, -0.25) is 0 Å². The van der Waals surface area contributed by atoms with Crippen molar-refractivity contribution in [3.63, 3.8) is 0 Å². The number of benzene rings is 2. The van der Waals surface area contributed by atoms with Crippen LogP contribution in [-0.4, -0.2) is 14.6 Å². The van der Waals surface area contributed by atoms with Gasteiger partial charge < -0.3 is 5.32 Å². The molecule has 0 amide bonds. The fourth-order valence-electron chi connectivity index (χ4n) is 3.14. The van der Waals surface area contributed by atoms with Crippen LogP contribution in [0.15, 0.2) is 66.7 Å². The minimum absolute atomic E-state index is 0.329. The van der Waals surface area contributed by atoms with E-state index >= 15 is 0 Å². The van der Waals surface area contributed by atoms with Crippen LogP contribution >= 0.6 is 0 Å². The lowest BCUT2D eigenvalue weighted by Gasteiger charge is -2.12. The third kappa shape index (κ3) is 2.94. The summed E-state index contributed by atoms with van der Waals surface area (Å²) < 4.78 is 1.91. The number of aryl methyl sites for hydroxylation is 1. The van der Waals surface area contributed by atoms with Crippen molar-refractivity contribution in [3.8, 4) is 11.1 Å². The first-order valence-corrected chi connectivity index (χ1v) is 8.91. The molecule has 4 rings (SSSR count). The first kappa shape index (κ1) is 16.3. The Hall–Kier alpha value is -3.14. The van der Waals surface area contributed by atoms with Crippen molar-refractivity contribution in [2.24, 2.45) is 0 Å². The van der Waals surface area contributed by atoms with E-state index in [1.165, 1.54) is 0 Å². The molecule has 0 saturated carbocycles. The SMILES string of the molecule is Cc1nn2c(Nc3ccccc3)cc(C(C)C)nc2c1-c1ccccc1. The lowest BCUT2D eigenvalue weighted by molar-refractivity contribution is 0.810. The normalized spacial score (nSPS) is 11.2. The number of anilines is 2. The van der Waals surface area contributed by atoms with Gasteiger partial charge in [-0.25, -0.2) is 4.98 Å². The molecule has 0 atom stereocenters. The van der Waals surface area contributed by atoms with E-state index in [0.29, 0.717) is 5.92 Å². The minimum Gasteiger partial charge on any atom is -0.340 e. The summed E-state index contributed by atoms with van der Waals surface area (Å²) in [4.78, 5) is 4.93. The Morgan fingerprint density at radius 2 is 1.58 bits per heavy atom. The summed E-state index contributed by atoms with van der Waals surface area (Å²) in [6, 6.07) is 22.6. The molecule has 4 aromatic rings. The Kier molecular flexibility index (Phi) is 4.17. The smallest absolute Gasteiger partial charge is 0.165 e. The van der Waals surface area contributed by atoms with E-state index in [1.807, 2.05) is 47.8 Å². The maximum absolute atomic E-state index is 4.93. The molecule has 2 aromatic heterocycles. The maximum Gasteiger partial charge on any atom is 0.165 e. The Morgan fingerprint density at radius 3 is 2.23 bits per heavy atom. The number of hydrogen-bond donors (Lipinski definition) is 1. The van der Waals surface area contributed by atoms with Crippen LogP contribution in [0.5, 0.6) is 0 Å². The number of rotatable bonds is 4. The molecular formula is C22H22N4. The summed E-state index contributed by atoms with van der Waals surface area (Å²) in [5.41, 5.74) is 6.17. The molecule has 0 unspecified atom stereocenters. The van der Waals surface area contributed by atoms with E-state index < -0.39 is 0 Å². The van der Waals surface area contributed by atoms with Gasteiger partial charge >= 0.3 is 0 Å². The van der Waals surface area contributed by atoms with Crippen molar-refractivity contribution in [2.75, 3.05) is 5.32 Å². The highest BCUT2D eigenvalue weighted by Crippen LogP contribution is 2.31. The van der Waals surface area contributed by atoms with Crippen LogP contribution in [0.1, 0.15) is 31.2 Å². The molecule has 26 heavy (non-hydrogen) atoms. The average Bonchev–Trinajstić information content (AvgIpc) is 2.99. The second kappa shape index (κ2) is 6.64. The summed E-state index contributed by atoms with van der Waals surface area (Å²) in [6.45, 7) is 6.37. The molecule has 0 spiro atoms. The number of para-hydroxylation sites is 1. The van der Waals surface area contributed by atoms with Crippen LogP contribution in [-0.2, 0) is 0 Å². The van der Waals surface area contributed by atoms with Crippen LogP contribution in [0.2, 0.25) is 0 Å². The third-order valence-corrected chi connectivity index (χ3v) is 4.48. The quantitative estimate of drug-likeness (QED) is 0.527. The highest BCUT2D eigenvalue weighted by Gasteiger charge is 2.17. The molecule has 4 heteroatoms. The molecule has 0 aliphatic rings. The zero-order valence-electron chi connectivity index (χ0n) is 15.3. The Labute approximate surface area is 153 Å². The molecule has 2 heterocycles. The number of fused-ring (bicyclic) bond motifs is 1. The van der Waals surface area contributed by atoms with Crippen molar-refractivity contribution in [3.05, 3.63) is 78.1 Å². The predicted molar refractivity (Wildman–Crippen MR) is 107 cm³/mol. The fraction of sp³-hybridized carbons (Fsp3) is 0.182. The van der Waals surface area contributed by atoms with E-state index in [4.69, 9.17) is 10.1 Å². The molecule has 130 valence electrons. The van der Waals surface area contributed by atoms with Gasteiger partial charge in [0.05, 0.1) is 5.69 Å². The lowest BCUT2D eigenvalue weighted by Crippen LogP contribution is -2.05. The predicted octanol–water partition coefficient (Wildman–Crippen LogP) is 5.57. The lowest BCUT2D eigenvalue weighted by atomic mass is 10.1. The van der Waals surface area contributed by atoms with Crippen molar-refractivity contribution in [1.29, 1.82) is 0 Å². The van der Waals surface area contributed by atoms with E-state index in [1.54, 1.807) is 0 Å². The van der Waals surface area contributed by atoms with Crippen LogP contribution < -0.4 is 5.32 Å². The van der Waals surface area contributed by atoms with E-state index in [2.05, 4.69) is 49.5 Å². The molecule has 1 N–H and O–H groups in total. The summed E-state index contributed by atoms with van der Waals surface area (Å²) in [6.07, 6.45) is 0. The summed E-state index contributed by atoms with van der Waals surface area (Å²) >= 11 is 0. The highest BCUT2D eigenvalue weighted by atomic mass is 15.3. The maximum atomic E-state index is 4.93.